The Balaban J connectivity index is 1.70. The lowest BCUT2D eigenvalue weighted by Gasteiger charge is -2.29. The van der Waals surface area contributed by atoms with Crippen LogP contribution in [0.2, 0.25) is 0 Å². The van der Waals surface area contributed by atoms with E-state index in [1.165, 1.54) is 5.56 Å². The van der Waals surface area contributed by atoms with Crippen molar-refractivity contribution in [1.82, 2.24) is 20.1 Å². The van der Waals surface area contributed by atoms with Gasteiger partial charge in [-0.15, -0.1) is 0 Å². The van der Waals surface area contributed by atoms with E-state index in [2.05, 4.69) is 48.3 Å². The van der Waals surface area contributed by atoms with Crippen LogP contribution in [0.15, 0.2) is 24.5 Å². The van der Waals surface area contributed by atoms with Crippen molar-refractivity contribution in [3.8, 4) is 11.5 Å². The maximum Gasteiger partial charge on any atom is 0.161 e. The van der Waals surface area contributed by atoms with Crippen LogP contribution < -0.4 is 14.8 Å². The average Bonchev–Trinajstić information content (AvgIpc) is 2.98. The van der Waals surface area contributed by atoms with Crippen molar-refractivity contribution in [2.45, 2.75) is 32.2 Å². The lowest BCUT2D eigenvalue weighted by Crippen LogP contribution is -2.35. The summed E-state index contributed by atoms with van der Waals surface area (Å²) in [6.45, 7) is 8.58. The molecule has 0 bridgehead atoms. The lowest BCUT2D eigenvalue weighted by atomic mass is 9.84. The van der Waals surface area contributed by atoms with Crippen molar-refractivity contribution in [3.05, 3.63) is 35.9 Å². The van der Waals surface area contributed by atoms with Gasteiger partial charge in [0, 0.05) is 19.0 Å². The van der Waals surface area contributed by atoms with Gasteiger partial charge in [0.2, 0.25) is 0 Å². The highest BCUT2D eigenvalue weighted by atomic mass is 16.6. The molecule has 1 atom stereocenters. The van der Waals surface area contributed by atoms with Crippen LogP contribution in [-0.4, -0.2) is 34.5 Å². The van der Waals surface area contributed by atoms with Crippen LogP contribution in [0.4, 0.5) is 0 Å². The molecule has 0 saturated heterocycles. The number of ether oxygens (including phenoxy) is 2. The fourth-order valence-corrected chi connectivity index (χ4v) is 2.76. The highest BCUT2D eigenvalue weighted by Gasteiger charge is 2.24. The minimum absolute atomic E-state index is 0.0390. The lowest BCUT2D eigenvalue weighted by molar-refractivity contribution is 0.171. The van der Waals surface area contributed by atoms with Crippen LogP contribution >= 0.6 is 0 Å². The summed E-state index contributed by atoms with van der Waals surface area (Å²) in [6.07, 6.45) is 1.58. The molecule has 0 spiro atoms. The third-order valence-corrected chi connectivity index (χ3v) is 4.31. The van der Waals surface area contributed by atoms with Gasteiger partial charge in [-0.1, -0.05) is 19.9 Å². The van der Waals surface area contributed by atoms with E-state index in [1.807, 2.05) is 13.1 Å². The van der Waals surface area contributed by atoms with E-state index in [1.54, 1.807) is 11.0 Å². The Kier molecular flexibility index (Phi) is 4.26. The molecule has 0 saturated carbocycles. The fourth-order valence-electron chi connectivity index (χ4n) is 2.76. The van der Waals surface area contributed by atoms with Gasteiger partial charge in [-0.2, -0.15) is 5.10 Å². The predicted molar refractivity (Wildman–Crippen MR) is 87.9 cm³/mol. The van der Waals surface area contributed by atoms with Gasteiger partial charge in [-0.05, 0) is 24.6 Å². The normalized spacial score (nSPS) is 15.5. The second kappa shape index (κ2) is 6.20. The molecule has 0 fully saturated rings. The largest absolute Gasteiger partial charge is 0.486 e. The van der Waals surface area contributed by atoms with E-state index in [-0.39, 0.29) is 11.5 Å². The van der Waals surface area contributed by atoms with Gasteiger partial charge in [0.05, 0.1) is 6.04 Å². The van der Waals surface area contributed by atoms with Crippen molar-refractivity contribution in [2.24, 2.45) is 7.05 Å². The molecule has 1 aliphatic rings. The number of aryl methyl sites for hydroxylation is 1. The number of benzene rings is 1. The SMILES string of the molecule is CC(NCC(C)(C)c1ccc2c(c1)OCCO2)c1ncnn1C. The number of nitrogens with zero attached hydrogens (tertiary/aromatic N) is 3. The number of hydrogen-bond acceptors (Lipinski definition) is 5. The Labute approximate surface area is 136 Å². The van der Waals surface area contributed by atoms with E-state index in [0.29, 0.717) is 13.2 Å². The minimum Gasteiger partial charge on any atom is -0.486 e. The molecule has 2 heterocycles. The van der Waals surface area contributed by atoms with Crippen molar-refractivity contribution in [1.29, 1.82) is 0 Å². The van der Waals surface area contributed by atoms with Gasteiger partial charge in [-0.3, -0.25) is 4.68 Å². The standard InChI is InChI=1S/C17H24N4O2/c1-12(16-19-11-20-21(16)4)18-10-17(2,3)13-5-6-14-15(9-13)23-8-7-22-14/h5-6,9,11-12,18H,7-8,10H2,1-4H3. The summed E-state index contributed by atoms with van der Waals surface area (Å²) >= 11 is 0. The van der Waals surface area contributed by atoms with Crippen LogP contribution in [0.1, 0.15) is 38.2 Å². The van der Waals surface area contributed by atoms with Crippen LogP contribution in [0, 0.1) is 0 Å². The van der Waals surface area contributed by atoms with Crippen LogP contribution in [0.25, 0.3) is 0 Å². The summed E-state index contributed by atoms with van der Waals surface area (Å²) in [5.41, 5.74) is 1.18. The van der Waals surface area contributed by atoms with E-state index >= 15 is 0 Å². The summed E-state index contributed by atoms with van der Waals surface area (Å²) in [5.74, 6) is 2.60. The molecular weight excluding hydrogens is 292 g/mol. The average molecular weight is 316 g/mol. The molecule has 23 heavy (non-hydrogen) atoms. The smallest absolute Gasteiger partial charge is 0.161 e. The predicted octanol–water partition coefficient (Wildman–Crippen LogP) is 2.21. The first kappa shape index (κ1) is 15.8. The Morgan fingerprint density at radius 3 is 2.70 bits per heavy atom. The molecule has 6 heteroatoms. The molecule has 1 N–H and O–H groups in total. The first-order valence-electron chi connectivity index (χ1n) is 7.95. The van der Waals surface area contributed by atoms with Gasteiger partial charge in [0.1, 0.15) is 25.4 Å². The third kappa shape index (κ3) is 3.32. The Morgan fingerprint density at radius 1 is 1.26 bits per heavy atom. The summed E-state index contributed by atoms with van der Waals surface area (Å²) < 4.78 is 13.1. The highest BCUT2D eigenvalue weighted by molar-refractivity contribution is 5.45. The van der Waals surface area contributed by atoms with Gasteiger partial charge in [-0.25, -0.2) is 4.98 Å². The summed E-state index contributed by atoms with van der Waals surface area (Å²) in [4.78, 5) is 4.30. The quantitative estimate of drug-likeness (QED) is 0.916. The molecule has 0 amide bonds. The van der Waals surface area contributed by atoms with Gasteiger partial charge >= 0.3 is 0 Å². The van der Waals surface area contributed by atoms with E-state index in [9.17, 15) is 0 Å². The number of rotatable bonds is 5. The van der Waals surface area contributed by atoms with Crippen molar-refractivity contribution in [3.63, 3.8) is 0 Å². The maximum absolute atomic E-state index is 5.69. The molecule has 1 unspecified atom stereocenters. The molecule has 0 aliphatic carbocycles. The monoisotopic (exact) mass is 316 g/mol. The van der Waals surface area contributed by atoms with Gasteiger partial charge in [0.25, 0.3) is 0 Å². The van der Waals surface area contributed by atoms with E-state index in [0.717, 1.165) is 23.9 Å². The van der Waals surface area contributed by atoms with Crippen LogP contribution in [0.5, 0.6) is 11.5 Å². The van der Waals surface area contributed by atoms with Crippen LogP contribution in [0.3, 0.4) is 0 Å². The minimum atomic E-state index is -0.0390. The van der Waals surface area contributed by atoms with Crippen molar-refractivity contribution >= 4 is 0 Å². The molecule has 2 aromatic rings. The molecule has 124 valence electrons. The van der Waals surface area contributed by atoms with E-state index in [4.69, 9.17) is 9.47 Å². The van der Waals surface area contributed by atoms with Crippen molar-refractivity contribution < 1.29 is 9.47 Å². The zero-order valence-corrected chi connectivity index (χ0v) is 14.2. The first-order chi connectivity index (χ1) is 11.0. The number of aromatic nitrogens is 3. The fraction of sp³-hybridized carbons (Fsp3) is 0.529. The second-order valence-corrected chi connectivity index (χ2v) is 6.59. The Morgan fingerprint density at radius 2 is 2.00 bits per heavy atom. The number of nitrogens with one attached hydrogen (secondary N) is 1. The number of fused-ring (bicyclic) bond motifs is 1. The van der Waals surface area contributed by atoms with Gasteiger partial charge < -0.3 is 14.8 Å². The number of hydrogen-bond donors (Lipinski definition) is 1. The molecule has 1 aliphatic heterocycles. The second-order valence-electron chi connectivity index (χ2n) is 6.59. The topological polar surface area (TPSA) is 61.2 Å². The Bertz CT molecular complexity index is 681. The zero-order valence-electron chi connectivity index (χ0n) is 14.2. The molecular formula is C17H24N4O2. The Hall–Kier alpha value is -2.08. The summed E-state index contributed by atoms with van der Waals surface area (Å²) in [6, 6.07) is 6.34. The van der Waals surface area contributed by atoms with E-state index < -0.39 is 0 Å². The molecule has 6 nitrogen and oxygen atoms in total. The molecule has 1 aromatic heterocycles. The van der Waals surface area contributed by atoms with Crippen LogP contribution in [-0.2, 0) is 12.5 Å². The third-order valence-electron chi connectivity index (χ3n) is 4.31. The summed E-state index contributed by atoms with van der Waals surface area (Å²) in [5, 5.41) is 7.67. The van der Waals surface area contributed by atoms with Crippen molar-refractivity contribution in [2.75, 3.05) is 19.8 Å². The molecule has 3 rings (SSSR count). The first-order valence-corrected chi connectivity index (χ1v) is 7.95. The molecule has 0 radical (unpaired) electrons. The molecule has 1 aromatic carbocycles. The van der Waals surface area contributed by atoms with Gasteiger partial charge in [0.15, 0.2) is 11.5 Å². The zero-order chi connectivity index (χ0) is 16.4. The maximum atomic E-state index is 5.69. The highest BCUT2D eigenvalue weighted by Crippen LogP contribution is 2.35. The summed E-state index contributed by atoms with van der Waals surface area (Å²) in [7, 11) is 1.91.